The van der Waals surface area contributed by atoms with Crippen LogP contribution in [0.25, 0.3) is 0 Å². The summed E-state index contributed by atoms with van der Waals surface area (Å²) < 4.78 is 4.96. The van der Waals surface area contributed by atoms with Gasteiger partial charge >= 0.3 is 12.1 Å². The van der Waals surface area contributed by atoms with Gasteiger partial charge in [0.2, 0.25) is 17.7 Å². The summed E-state index contributed by atoms with van der Waals surface area (Å²) in [6.45, 7) is 9.30. The first kappa shape index (κ1) is 32.3. The van der Waals surface area contributed by atoms with Crippen molar-refractivity contribution >= 4 is 41.6 Å². The third-order valence-electron chi connectivity index (χ3n) is 5.24. The number of hydroxylamine groups is 2. The lowest BCUT2D eigenvalue weighted by atomic mass is 10.0. The summed E-state index contributed by atoms with van der Waals surface area (Å²) in [4.78, 5) is 88.4. The second-order valence-electron chi connectivity index (χ2n) is 9.63. The van der Waals surface area contributed by atoms with Gasteiger partial charge < -0.3 is 30.8 Å². The number of imide groups is 1. The molecule has 0 radical (unpaired) electrons. The normalized spacial score (nSPS) is 14.7. The predicted octanol–water partition coefficient (Wildman–Crippen LogP) is -0.0922. The van der Waals surface area contributed by atoms with Crippen molar-refractivity contribution in [2.45, 2.75) is 78.8 Å². The maximum atomic E-state index is 12.7. The van der Waals surface area contributed by atoms with Gasteiger partial charge in [0.05, 0.1) is 6.61 Å². The molecule has 0 aromatic carbocycles. The number of nitrogens with one attached hydrogen (secondary N) is 4. The molecule has 0 aromatic heterocycles. The Labute approximate surface area is 221 Å². The smallest absolute Gasteiger partial charge is 0.407 e. The minimum absolute atomic E-state index is 0.0142. The fraction of sp³-hybridized carbons (Fsp3) is 0.708. The molecule has 14 heteroatoms. The number of amides is 6. The summed E-state index contributed by atoms with van der Waals surface area (Å²) in [7, 11) is 0. The van der Waals surface area contributed by atoms with Crippen molar-refractivity contribution in [2.24, 2.45) is 11.8 Å². The van der Waals surface area contributed by atoms with E-state index in [2.05, 4.69) is 21.3 Å². The molecule has 38 heavy (non-hydrogen) atoms. The average molecular weight is 542 g/mol. The number of alkyl carbamates (subject to hydrolysis) is 1. The standard InChI is InChI=1S/C24H39N5O9/c1-14(2)13-37-24(36)26-12-11-25-22(34)16(5)27-23(35)21(15(3)4)28-17(30)7-6-8-20(33)38-29-18(31)9-10-19(29)32/h14-16,21H,6-13H2,1-5H3,(H,25,34)(H,26,36)(H,27,35)(H,28,30)/t16-,21?/m0/s1. The summed E-state index contributed by atoms with van der Waals surface area (Å²) >= 11 is 0. The molecular formula is C24H39N5O9. The molecule has 214 valence electrons. The topological polar surface area (TPSA) is 189 Å². The third-order valence-corrected chi connectivity index (χ3v) is 5.24. The van der Waals surface area contributed by atoms with E-state index in [1.807, 2.05) is 13.8 Å². The monoisotopic (exact) mass is 541 g/mol. The van der Waals surface area contributed by atoms with Crippen molar-refractivity contribution in [1.29, 1.82) is 0 Å². The van der Waals surface area contributed by atoms with E-state index in [4.69, 9.17) is 9.57 Å². The summed E-state index contributed by atoms with van der Waals surface area (Å²) in [5.41, 5.74) is 0. The van der Waals surface area contributed by atoms with Gasteiger partial charge in [-0.15, -0.1) is 5.06 Å². The van der Waals surface area contributed by atoms with E-state index >= 15 is 0 Å². The molecule has 14 nitrogen and oxygen atoms in total. The molecule has 1 aliphatic rings. The maximum absolute atomic E-state index is 12.7. The largest absolute Gasteiger partial charge is 0.449 e. The highest BCUT2D eigenvalue weighted by atomic mass is 16.7. The van der Waals surface area contributed by atoms with Gasteiger partial charge in [-0.3, -0.25) is 24.0 Å². The summed E-state index contributed by atoms with van der Waals surface area (Å²) in [6, 6.07) is -1.83. The number of nitrogens with zero attached hydrogens (tertiary/aromatic N) is 1. The average Bonchev–Trinajstić information content (AvgIpc) is 3.15. The van der Waals surface area contributed by atoms with Gasteiger partial charge in [-0.2, -0.15) is 0 Å². The molecule has 6 amide bonds. The fourth-order valence-electron chi connectivity index (χ4n) is 3.14. The number of carbonyl (C=O) groups excluding carboxylic acids is 7. The van der Waals surface area contributed by atoms with Crippen molar-refractivity contribution in [2.75, 3.05) is 19.7 Å². The van der Waals surface area contributed by atoms with Crippen LogP contribution in [0.15, 0.2) is 0 Å². The van der Waals surface area contributed by atoms with Crippen LogP contribution >= 0.6 is 0 Å². The van der Waals surface area contributed by atoms with Crippen molar-refractivity contribution < 1.29 is 43.1 Å². The second kappa shape index (κ2) is 16.2. The zero-order valence-electron chi connectivity index (χ0n) is 22.6. The maximum Gasteiger partial charge on any atom is 0.407 e. The Morgan fingerprint density at radius 2 is 1.45 bits per heavy atom. The van der Waals surface area contributed by atoms with E-state index in [-0.39, 0.29) is 63.6 Å². The predicted molar refractivity (Wildman–Crippen MR) is 133 cm³/mol. The molecule has 4 N–H and O–H groups in total. The number of carbonyl (C=O) groups is 7. The molecule has 1 unspecified atom stereocenters. The van der Waals surface area contributed by atoms with Gasteiger partial charge in [-0.25, -0.2) is 9.59 Å². The Hall–Kier alpha value is -3.71. The molecule has 0 bridgehead atoms. The number of hydrogen-bond donors (Lipinski definition) is 4. The molecule has 0 spiro atoms. The lowest BCUT2D eigenvalue weighted by Crippen LogP contribution is -2.54. The van der Waals surface area contributed by atoms with Crippen molar-refractivity contribution in [3.63, 3.8) is 0 Å². The van der Waals surface area contributed by atoms with Gasteiger partial charge in [0, 0.05) is 38.8 Å². The lowest BCUT2D eigenvalue weighted by Gasteiger charge is -2.24. The van der Waals surface area contributed by atoms with E-state index in [0.29, 0.717) is 5.06 Å². The molecule has 1 aliphatic heterocycles. The first-order chi connectivity index (χ1) is 17.8. The van der Waals surface area contributed by atoms with Crippen LogP contribution in [0.1, 0.15) is 66.7 Å². The minimum Gasteiger partial charge on any atom is -0.449 e. The van der Waals surface area contributed by atoms with Crippen LogP contribution in [-0.2, 0) is 38.3 Å². The van der Waals surface area contributed by atoms with Crippen LogP contribution < -0.4 is 21.3 Å². The van der Waals surface area contributed by atoms with Gasteiger partial charge in [0.25, 0.3) is 11.8 Å². The van der Waals surface area contributed by atoms with Gasteiger partial charge in [0.15, 0.2) is 0 Å². The molecule has 0 aliphatic carbocycles. The molecule has 1 fully saturated rings. The second-order valence-corrected chi connectivity index (χ2v) is 9.63. The van der Waals surface area contributed by atoms with E-state index in [1.165, 1.54) is 6.92 Å². The zero-order valence-corrected chi connectivity index (χ0v) is 22.6. The summed E-state index contributed by atoms with van der Waals surface area (Å²) in [5.74, 6) is -3.62. The first-order valence-electron chi connectivity index (χ1n) is 12.7. The van der Waals surface area contributed by atoms with Crippen LogP contribution in [0.3, 0.4) is 0 Å². The van der Waals surface area contributed by atoms with Crippen LogP contribution in [0.4, 0.5) is 4.79 Å². The van der Waals surface area contributed by atoms with E-state index < -0.39 is 53.7 Å². The first-order valence-corrected chi connectivity index (χ1v) is 12.7. The highest BCUT2D eigenvalue weighted by molar-refractivity contribution is 6.01. The lowest BCUT2D eigenvalue weighted by molar-refractivity contribution is -0.197. The highest BCUT2D eigenvalue weighted by Crippen LogP contribution is 2.13. The third kappa shape index (κ3) is 12.0. The number of rotatable bonds is 15. The van der Waals surface area contributed by atoms with Crippen LogP contribution in [-0.4, -0.2) is 78.4 Å². The quantitative estimate of drug-likeness (QED) is 0.162. The Kier molecular flexibility index (Phi) is 13.8. The summed E-state index contributed by atoms with van der Waals surface area (Å²) in [6.07, 6.45) is -0.843. The fourth-order valence-corrected chi connectivity index (χ4v) is 3.14. The Balaban J connectivity index is 2.38. The molecule has 1 rings (SSSR count). The zero-order chi connectivity index (χ0) is 28.8. The van der Waals surface area contributed by atoms with Crippen LogP contribution in [0.5, 0.6) is 0 Å². The molecule has 0 saturated carbocycles. The Morgan fingerprint density at radius 3 is 2.03 bits per heavy atom. The van der Waals surface area contributed by atoms with Gasteiger partial charge in [-0.05, 0) is 25.2 Å². The van der Waals surface area contributed by atoms with Crippen molar-refractivity contribution in [3.8, 4) is 0 Å². The molecule has 1 saturated heterocycles. The highest BCUT2D eigenvalue weighted by Gasteiger charge is 2.33. The molecule has 0 aromatic rings. The molecule has 2 atom stereocenters. The van der Waals surface area contributed by atoms with Crippen molar-refractivity contribution in [1.82, 2.24) is 26.3 Å². The van der Waals surface area contributed by atoms with Gasteiger partial charge in [0.1, 0.15) is 12.1 Å². The Bertz CT molecular complexity index is 875. The number of ether oxygens (including phenoxy) is 1. The van der Waals surface area contributed by atoms with E-state index in [9.17, 15) is 33.6 Å². The van der Waals surface area contributed by atoms with Crippen LogP contribution in [0.2, 0.25) is 0 Å². The minimum atomic E-state index is -0.929. The number of hydrogen-bond acceptors (Lipinski definition) is 9. The Morgan fingerprint density at radius 1 is 0.842 bits per heavy atom. The SMILES string of the molecule is CC(C)COC(=O)NCCNC(=O)[C@H](C)NC(=O)C(NC(=O)CCCC(=O)ON1C(=O)CCC1=O)C(C)C. The molecular weight excluding hydrogens is 502 g/mol. The van der Waals surface area contributed by atoms with Crippen LogP contribution in [0, 0.1) is 11.8 Å². The molecule has 1 heterocycles. The van der Waals surface area contributed by atoms with E-state index in [0.717, 1.165) is 0 Å². The summed E-state index contributed by atoms with van der Waals surface area (Å²) in [5, 5.41) is 10.7. The van der Waals surface area contributed by atoms with Gasteiger partial charge in [-0.1, -0.05) is 27.7 Å². The van der Waals surface area contributed by atoms with E-state index in [1.54, 1.807) is 13.8 Å². The van der Waals surface area contributed by atoms with Crippen molar-refractivity contribution in [3.05, 3.63) is 0 Å².